The first-order valence-corrected chi connectivity index (χ1v) is 5.99. The average molecular weight is 259 g/mol. The zero-order valence-corrected chi connectivity index (χ0v) is 11.5. The number of benzene rings is 1. The fourth-order valence-electron chi connectivity index (χ4n) is 1.90. The predicted octanol–water partition coefficient (Wildman–Crippen LogP) is 2.12. The Balaban J connectivity index is 2.28. The van der Waals surface area contributed by atoms with Gasteiger partial charge < -0.3 is 0 Å². The topological polar surface area (TPSA) is 47.4 Å². The molecular weight excluding hydrogens is 242 g/mol. The number of rotatable bonds is 3. The number of hydrogen-bond donors (Lipinski definition) is 0. The van der Waals surface area contributed by atoms with Crippen LogP contribution >= 0.6 is 0 Å². The molecule has 5 heteroatoms. The Morgan fingerprint density at radius 1 is 1.26 bits per heavy atom. The van der Waals surface area contributed by atoms with Crippen LogP contribution in [-0.4, -0.2) is 34.9 Å². The van der Waals surface area contributed by atoms with E-state index in [0.717, 1.165) is 17.1 Å². The van der Waals surface area contributed by atoms with Gasteiger partial charge in [-0.05, 0) is 44.2 Å². The summed E-state index contributed by atoms with van der Waals surface area (Å²) in [5.74, 6) is -0.178. The maximum absolute atomic E-state index is 11.9. The molecule has 0 bridgehead atoms. The molecule has 1 heterocycles. The van der Waals surface area contributed by atoms with Gasteiger partial charge in [0.25, 0.3) is 5.91 Å². The van der Waals surface area contributed by atoms with Gasteiger partial charge in [0.2, 0.25) is 0 Å². The molecule has 0 N–H and O–H groups in total. The smallest absolute Gasteiger partial charge is 0.274 e. The quantitative estimate of drug-likeness (QED) is 0.793. The third-order valence-electron chi connectivity index (χ3n) is 2.93. The summed E-state index contributed by atoms with van der Waals surface area (Å²) in [6, 6.07) is 9.29. The maximum Gasteiger partial charge on any atom is 0.277 e. The standard InChI is InChI=1S/C14H17N3O2/c1-10-9-11(2)17(15-10)13-7-5-12(6-8-13)14(18)16(3)19-4/h5-9H,1-4H3. The monoisotopic (exact) mass is 259 g/mol. The van der Waals surface area contributed by atoms with Gasteiger partial charge in [0.15, 0.2) is 0 Å². The van der Waals surface area contributed by atoms with Gasteiger partial charge in [-0.1, -0.05) is 0 Å². The first-order chi connectivity index (χ1) is 9.02. The van der Waals surface area contributed by atoms with Crippen molar-refractivity contribution in [3.05, 3.63) is 47.3 Å². The molecule has 2 rings (SSSR count). The van der Waals surface area contributed by atoms with Crippen molar-refractivity contribution in [2.45, 2.75) is 13.8 Å². The summed E-state index contributed by atoms with van der Waals surface area (Å²) in [4.78, 5) is 16.7. The summed E-state index contributed by atoms with van der Waals surface area (Å²) in [7, 11) is 3.04. The van der Waals surface area contributed by atoms with E-state index < -0.39 is 0 Å². The minimum absolute atomic E-state index is 0.178. The van der Waals surface area contributed by atoms with E-state index in [1.54, 1.807) is 19.2 Å². The highest BCUT2D eigenvalue weighted by molar-refractivity contribution is 5.93. The molecule has 1 aromatic carbocycles. The number of amides is 1. The van der Waals surface area contributed by atoms with E-state index in [9.17, 15) is 4.79 Å². The normalized spacial score (nSPS) is 10.5. The highest BCUT2D eigenvalue weighted by Crippen LogP contribution is 2.13. The van der Waals surface area contributed by atoms with Gasteiger partial charge in [-0.15, -0.1) is 0 Å². The molecule has 0 radical (unpaired) electrons. The van der Waals surface area contributed by atoms with E-state index in [1.807, 2.05) is 36.7 Å². The lowest BCUT2D eigenvalue weighted by Gasteiger charge is -2.13. The summed E-state index contributed by atoms with van der Waals surface area (Å²) in [5.41, 5.74) is 3.54. The molecule has 0 aliphatic rings. The molecule has 0 aliphatic heterocycles. The number of aromatic nitrogens is 2. The summed E-state index contributed by atoms with van der Waals surface area (Å²) in [6.45, 7) is 3.95. The van der Waals surface area contributed by atoms with Gasteiger partial charge in [0.1, 0.15) is 0 Å². The predicted molar refractivity (Wildman–Crippen MR) is 72.1 cm³/mol. The van der Waals surface area contributed by atoms with E-state index in [4.69, 9.17) is 4.84 Å². The van der Waals surface area contributed by atoms with Crippen LogP contribution in [0.3, 0.4) is 0 Å². The third kappa shape index (κ3) is 2.66. The Morgan fingerprint density at radius 2 is 1.89 bits per heavy atom. The van der Waals surface area contributed by atoms with E-state index in [-0.39, 0.29) is 5.91 Å². The Labute approximate surface area is 112 Å². The SMILES string of the molecule is CON(C)C(=O)c1ccc(-n2nc(C)cc2C)cc1. The van der Waals surface area contributed by atoms with E-state index in [0.29, 0.717) is 5.56 Å². The molecule has 0 saturated carbocycles. The van der Waals surface area contributed by atoms with Crippen LogP contribution in [0, 0.1) is 13.8 Å². The Morgan fingerprint density at radius 3 is 2.37 bits per heavy atom. The number of aryl methyl sites for hydroxylation is 2. The van der Waals surface area contributed by atoms with Crippen molar-refractivity contribution >= 4 is 5.91 Å². The van der Waals surface area contributed by atoms with Crippen molar-refractivity contribution in [1.82, 2.24) is 14.8 Å². The van der Waals surface area contributed by atoms with Gasteiger partial charge in [-0.2, -0.15) is 5.10 Å². The van der Waals surface area contributed by atoms with Crippen molar-refractivity contribution in [2.24, 2.45) is 0 Å². The molecule has 0 saturated heterocycles. The molecular formula is C14H17N3O2. The van der Waals surface area contributed by atoms with Crippen molar-refractivity contribution in [1.29, 1.82) is 0 Å². The second-order valence-corrected chi connectivity index (χ2v) is 4.37. The molecule has 0 spiro atoms. The van der Waals surface area contributed by atoms with E-state index in [2.05, 4.69) is 5.10 Å². The highest BCUT2D eigenvalue weighted by atomic mass is 16.7. The van der Waals surface area contributed by atoms with Crippen LogP contribution in [0.1, 0.15) is 21.7 Å². The van der Waals surface area contributed by atoms with Crippen LogP contribution < -0.4 is 0 Å². The van der Waals surface area contributed by atoms with E-state index in [1.165, 1.54) is 12.2 Å². The lowest BCUT2D eigenvalue weighted by atomic mass is 10.2. The number of hydrogen-bond acceptors (Lipinski definition) is 3. The maximum atomic E-state index is 11.9. The largest absolute Gasteiger partial charge is 0.277 e. The molecule has 0 fully saturated rings. The number of hydroxylamine groups is 2. The molecule has 0 atom stereocenters. The summed E-state index contributed by atoms with van der Waals surface area (Å²) >= 11 is 0. The zero-order valence-electron chi connectivity index (χ0n) is 11.5. The van der Waals surface area contributed by atoms with Crippen molar-refractivity contribution in [2.75, 3.05) is 14.2 Å². The van der Waals surface area contributed by atoms with Gasteiger partial charge in [0, 0.05) is 18.3 Å². The Bertz CT molecular complexity index is 587. The van der Waals surface area contributed by atoms with Crippen molar-refractivity contribution < 1.29 is 9.63 Å². The molecule has 0 aliphatic carbocycles. The number of nitrogens with zero attached hydrogens (tertiary/aromatic N) is 3. The summed E-state index contributed by atoms with van der Waals surface area (Å²) in [6.07, 6.45) is 0. The van der Waals surface area contributed by atoms with Gasteiger partial charge in [-0.25, -0.2) is 9.75 Å². The highest BCUT2D eigenvalue weighted by Gasteiger charge is 2.11. The fourth-order valence-corrected chi connectivity index (χ4v) is 1.90. The van der Waals surface area contributed by atoms with Crippen LogP contribution in [0.15, 0.2) is 30.3 Å². The molecule has 0 unspecified atom stereocenters. The number of carbonyl (C=O) groups is 1. The van der Waals surface area contributed by atoms with Gasteiger partial charge >= 0.3 is 0 Å². The second-order valence-electron chi connectivity index (χ2n) is 4.37. The Kier molecular flexibility index (Phi) is 3.66. The van der Waals surface area contributed by atoms with Gasteiger partial charge in [-0.3, -0.25) is 9.63 Å². The second kappa shape index (κ2) is 5.24. The molecule has 19 heavy (non-hydrogen) atoms. The lowest BCUT2D eigenvalue weighted by Crippen LogP contribution is -2.25. The first-order valence-electron chi connectivity index (χ1n) is 5.99. The molecule has 1 aromatic heterocycles. The zero-order chi connectivity index (χ0) is 14.0. The molecule has 1 amide bonds. The Hall–Kier alpha value is -2.14. The molecule has 100 valence electrons. The minimum atomic E-state index is -0.178. The summed E-state index contributed by atoms with van der Waals surface area (Å²) < 4.78 is 1.85. The number of carbonyl (C=O) groups excluding carboxylic acids is 1. The van der Waals surface area contributed by atoms with Crippen LogP contribution in [0.2, 0.25) is 0 Å². The molecule has 5 nitrogen and oxygen atoms in total. The van der Waals surface area contributed by atoms with Gasteiger partial charge in [0.05, 0.1) is 18.5 Å². The van der Waals surface area contributed by atoms with Crippen LogP contribution in [0.4, 0.5) is 0 Å². The van der Waals surface area contributed by atoms with Crippen LogP contribution in [0.5, 0.6) is 0 Å². The van der Waals surface area contributed by atoms with Crippen molar-refractivity contribution in [3.8, 4) is 5.69 Å². The van der Waals surface area contributed by atoms with Crippen molar-refractivity contribution in [3.63, 3.8) is 0 Å². The minimum Gasteiger partial charge on any atom is -0.274 e. The summed E-state index contributed by atoms with van der Waals surface area (Å²) in [5, 5.41) is 5.60. The first kappa shape index (κ1) is 13.3. The molecule has 2 aromatic rings. The average Bonchev–Trinajstić information content (AvgIpc) is 2.76. The van der Waals surface area contributed by atoms with Crippen LogP contribution in [0.25, 0.3) is 5.69 Å². The van der Waals surface area contributed by atoms with E-state index >= 15 is 0 Å². The fraction of sp³-hybridized carbons (Fsp3) is 0.286. The third-order valence-corrected chi connectivity index (χ3v) is 2.93. The lowest BCUT2D eigenvalue weighted by molar-refractivity contribution is -0.0756. The van der Waals surface area contributed by atoms with Crippen LogP contribution in [-0.2, 0) is 4.84 Å².